The summed E-state index contributed by atoms with van der Waals surface area (Å²) >= 11 is 0. The third kappa shape index (κ3) is 33.3. The van der Waals surface area contributed by atoms with Gasteiger partial charge in [-0.25, -0.2) is 4.57 Å². The van der Waals surface area contributed by atoms with Crippen molar-refractivity contribution in [3.63, 3.8) is 0 Å². The molecule has 306 valence electrons. The van der Waals surface area contributed by atoms with Gasteiger partial charge in [0.2, 0.25) is 0 Å². The van der Waals surface area contributed by atoms with E-state index in [1.807, 2.05) is 0 Å². The normalized spacial score (nSPS) is 16.4. The van der Waals surface area contributed by atoms with Crippen molar-refractivity contribution in [3.05, 3.63) is 12.2 Å². The Morgan fingerprint density at radius 2 is 1.06 bits per heavy atom. The van der Waals surface area contributed by atoms with Crippen LogP contribution in [0, 0.1) is 0 Å². The molecule has 0 radical (unpaired) electrons. The molecular weight excluding hydrogens is 679 g/mol. The smallest absolute Gasteiger partial charge is 0.462 e. The van der Waals surface area contributed by atoms with E-state index in [0.29, 0.717) is 18.6 Å². The summed E-state index contributed by atoms with van der Waals surface area (Å²) in [6, 6.07) is 0. The fourth-order valence-electron chi connectivity index (χ4n) is 6.62. The van der Waals surface area contributed by atoms with Crippen molar-refractivity contribution in [2.45, 2.75) is 231 Å². The van der Waals surface area contributed by atoms with Crippen LogP contribution in [0.5, 0.6) is 0 Å². The molecule has 0 spiro atoms. The van der Waals surface area contributed by atoms with Gasteiger partial charge in [0.05, 0.1) is 18.8 Å². The number of epoxide rings is 1. The number of esters is 2. The van der Waals surface area contributed by atoms with E-state index in [2.05, 4.69) is 30.5 Å². The van der Waals surface area contributed by atoms with Gasteiger partial charge in [-0.1, -0.05) is 174 Å². The number of hydrogen-bond donors (Lipinski definition) is 2. The average molecular weight is 759 g/mol. The molecule has 9 nitrogen and oxygen atoms in total. The standard InChI is InChI=1S/C42H79O9P/c1-3-5-7-8-9-10-11-12-13-14-15-16-17-18-19-23-26-30-34-41(43)48-36-38(37-49-52(45,46)47)50-42(44)35-31-27-24-21-20-22-25-29-33-40-39(51-40)32-28-6-4-2/h25,29,38-40H,3-24,26-28,30-37H2,1-2H3,(H2,45,46,47)/b29-25-/t38-,39?,40?/m1/s1. The first-order valence-electron chi connectivity index (χ1n) is 21.6. The van der Waals surface area contributed by atoms with Crippen LogP contribution in [0.3, 0.4) is 0 Å². The second-order valence-corrected chi connectivity index (χ2v) is 16.3. The predicted molar refractivity (Wildman–Crippen MR) is 211 cm³/mol. The van der Waals surface area contributed by atoms with Gasteiger partial charge in [0.15, 0.2) is 6.10 Å². The van der Waals surface area contributed by atoms with Crippen molar-refractivity contribution >= 4 is 19.8 Å². The van der Waals surface area contributed by atoms with E-state index in [1.54, 1.807) is 0 Å². The molecule has 1 rings (SSSR count). The first-order valence-corrected chi connectivity index (χ1v) is 23.1. The second-order valence-electron chi connectivity index (χ2n) is 15.1. The monoisotopic (exact) mass is 759 g/mol. The van der Waals surface area contributed by atoms with Gasteiger partial charge < -0.3 is 24.0 Å². The number of phosphoric ester groups is 1. The highest BCUT2D eigenvalue weighted by Gasteiger charge is 2.36. The Morgan fingerprint density at radius 1 is 0.596 bits per heavy atom. The molecule has 52 heavy (non-hydrogen) atoms. The lowest BCUT2D eigenvalue weighted by Gasteiger charge is -2.18. The van der Waals surface area contributed by atoms with Crippen molar-refractivity contribution in [1.82, 2.24) is 0 Å². The molecule has 2 N–H and O–H groups in total. The van der Waals surface area contributed by atoms with Crippen LogP contribution in [-0.4, -0.2) is 53.3 Å². The molecule has 0 saturated carbocycles. The Kier molecular flexibility index (Phi) is 32.1. The molecule has 3 atom stereocenters. The van der Waals surface area contributed by atoms with Crippen molar-refractivity contribution < 1.29 is 42.7 Å². The molecule has 0 amide bonds. The molecule has 2 unspecified atom stereocenters. The zero-order chi connectivity index (χ0) is 38.0. The maximum absolute atomic E-state index is 12.4. The molecule has 1 aliphatic rings. The summed E-state index contributed by atoms with van der Waals surface area (Å²) in [7, 11) is -4.76. The van der Waals surface area contributed by atoms with Crippen molar-refractivity contribution in [1.29, 1.82) is 0 Å². The predicted octanol–water partition coefficient (Wildman–Crippen LogP) is 12.0. The average Bonchev–Trinajstić information content (AvgIpc) is 3.87. The van der Waals surface area contributed by atoms with Gasteiger partial charge in [-0.15, -0.1) is 0 Å². The molecule has 0 aromatic rings. The maximum Gasteiger partial charge on any atom is 0.469 e. The maximum atomic E-state index is 12.4. The van der Waals surface area contributed by atoms with Crippen LogP contribution in [0.15, 0.2) is 12.2 Å². The summed E-state index contributed by atoms with van der Waals surface area (Å²) in [5.74, 6) is -0.895. The van der Waals surface area contributed by atoms with Crippen LogP contribution >= 0.6 is 7.82 Å². The Morgan fingerprint density at radius 3 is 1.58 bits per heavy atom. The SMILES string of the molecule is CCCCCCCCCCCCCCCCCCCCC(=O)OC[C@H](COP(=O)(O)O)OC(=O)CCCCCCC/C=C\CC1OC1CCCCC. The van der Waals surface area contributed by atoms with Gasteiger partial charge in [0, 0.05) is 12.8 Å². The van der Waals surface area contributed by atoms with E-state index in [-0.39, 0.29) is 19.4 Å². The van der Waals surface area contributed by atoms with E-state index < -0.39 is 32.5 Å². The van der Waals surface area contributed by atoms with Gasteiger partial charge in [-0.3, -0.25) is 14.1 Å². The molecule has 0 aliphatic carbocycles. The molecule has 1 heterocycles. The number of unbranched alkanes of at least 4 members (excludes halogenated alkanes) is 24. The van der Waals surface area contributed by atoms with E-state index in [1.165, 1.54) is 122 Å². The third-order valence-corrected chi connectivity index (χ3v) is 10.4. The van der Waals surface area contributed by atoms with Crippen LogP contribution in [0.2, 0.25) is 0 Å². The summed E-state index contributed by atoms with van der Waals surface area (Å²) in [6.07, 6.45) is 39.6. The van der Waals surface area contributed by atoms with Gasteiger partial charge in [0.25, 0.3) is 0 Å². The number of phosphoric acid groups is 1. The molecule has 0 bridgehead atoms. The highest BCUT2D eigenvalue weighted by Crippen LogP contribution is 2.36. The van der Waals surface area contributed by atoms with Crippen LogP contribution < -0.4 is 0 Å². The first kappa shape index (κ1) is 48.8. The Bertz CT molecular complexity index is 921. The largest absolute Gasteiger partial charge is 0.469 e. The fourth-order valence-corrected chi connectivity index (χ4v) is 6.98. The minimum absolute atomic E-state index is 0.195. The number of allylic oxidation sites excluding steroid dienone is 1. The van der Waals surface area contributed by atoms with E-state index >= 15 is 0 Å². The molecule has 10 heteroatoms. The van der Waals surface area contributed by atoms with Gasteiger partial charge in [0.1, 0.15) is 6.61 Å². The summed E-state index contributed by atoms with van der Waals surface area (Å²) < 4.78 is 32.1. The fraction of sp³-hybridized carbons (Fsp3) is 0.905. The van der Waals surface area contributed by atoms with Gasteiger partial charge in [-0.05, 0) is 38.5 Å². The highest BCUT2D eigenvalue weighted by atomic mass is 31.2. The summed E-state index contributed by atoms with van der Waals surface area (Å²) in [5, 5.41) is 0. The number of hydrogen-bond acceptors (Lipinski definition) is 7. The summed E-state index contributed by atoms with van der Waals surface area (Å²) in [4.78, 5) is 42.9. The first-order chi connectivity index (χ1) is 25.2. The number of carbonyl (C=O) groups excluding carboxylic acids is 2. The van der Waals surface area contributed by atoms with Crippen molar-refractivity contribution in [2.75, 3.05) is 13.2 Å². The lowest BCUT2D eigenvalue weighted by atomic mass is 10.0. The van der Waals surface area contributed by atoms with Crippen molar-refractivity contribution in [3.8, 4) is 0 Å². The number of ether oxygens (including phenoxy) is 3. The van der Waals surface area contributed by atoms with E-state index in [4.69, 9.17) is 24.0 Å². The van der Waals surface area contributed by atoms with Gasteiger partial charge >= 0.3 is 19.8 Å². The second kappa shape index (κ2) is 34.3. The molecule has 1 aliphatic heterocycles. The minimum atomic E-state index is -4.76. The van der Waals surface area contributed by atoms with Crippen LogP contribution in [0.1, 0.15) is 213 Å². The van der Waals surface area contributed by atoms with Crippen LogP contribution in [0.4, 0.5) is 0 Å². The Balaban J connectivity index is 2.03. The van der Waals surface area contributed by atoms with E-state index in [9.17, 15) is 14.2 Å². The van der Waals surface area contributed by atoms with Crippen LogP contribution in [0.25, 0.3) is 0 Å². The topological polar surface area (TPSA) is 132 Å². The van der Waals surface area contributed by atoms with Crippen LogP contribution in [-0.2, 0) is 32.9 Å². The minimum Gasteiger partial charge on any atom is -0.462 e. The quantitative estimate of drug-likeness (QED) is 0.0207. The molecule has 0 aromatic heterocycles. The third-order valence-electron chi connectivity index (χ3n) is 9.96. The Hall–Kier alpha value is -1.25. The molecule has 1 fully saturated rings. The number of rotatable bonds is 39. The van der Waals surface area contributed by atoms with E-state index in [0.717, 1.165) is 57.8 Å². The lowest BCUT2D eigenvalue weighted by molar-refractivity contribution is -0.161. The zero-order valence-electron chi connectivity index (χ0n) is 33.4. The summed E-state index contributed by atoms with van der Waals surface area (Å²) in [5.41, 5.74) is 0. The number of carbonyl (C=O) groups is 2. The lowest BCUT2D eigenvalue weighted by Crippen LogP contribution is -2.29. The zero-order valence-corrected chi connectivity index (χ0v) is 34.3. The highest BCUT2D eigenvalue weighted by molar-refractivity contribution is 7.46. The Labute approximate surface area is 318 Å². The summed E-state index contributed by atoms with van der Waals surface area (Å²) in [6.45, 7) is 3.66. The molecule has 0 aromatic carbocycles. The van der Waals surface area contributed by atoms with Gasteiger partial charge in [-0.2, -0.15) is 0 Å². The molecule has 1 saturated heterocycles. The molecular formula is C42H79O9P. The van der Waals surface area contributed by atoms with Crippen molar-refractivity contribution in [2.24, 2.45) is 0 Å².